The molecule has 0 radical (unpaired) electrons. The SMILES string of the molecule is CC1(C)c2ccccc2-c2ccc(N(c3cccc(Br)c3)c3ccc4c(c3)sc3ccccc34)cc21. The highest BCUT2D eigenvalue weighted by Gasteiger charge is 2.35. The largest absolute Gasteiger partial charge is 0.310 e. The molecule has 6 aromatic rings. The van der Waals surface area contributed by atoms with E-state index in [0.29, 0.717) is 0 Å². The number of thiophene rings is 1. The van der Waals surface area contributed by atoms with Crippen LogP contribution in [-0.4, -0.2) is 0 Å². The van der Waals surface area contributed by atoms with Crippen molar-refractivity contribution in [1.82, 2.24) is 0 Å². The van der Waals surface area contributed by atoms with Crippen molar-refractivity contribution < 1.29 is 0 Å². The second-order valence-electron chi connectivity index (χ2n) is 9.99. The van der Waals surface area contributed by atoms with Crippen LogP contribution in [0.3, 0.4) is 0 Å². The van der Waals surface area contributed by atoms with Crippen LogP contribution < -0.4 is 4.90 Å². The normalized spacial score (nSPS) is 13.6. The number of halogens is 1. The molecule has 3 heteroatoms. The summed E-state index contributed by atoms with van der Waals surface area (Å²) in [5.41, 5.74) is 8.91. The van der Waals surface area contributed by atoms with Crippen LogP contribution in [0, 0.1) is 0 Å². The average molecular weight is 547 g/mol. The van der Waals surface area contributed by atoms with E-state index in [2.05, 4.69) is 144 Å². The number of benzene rings is 5. The summed E-state index contributed by atoms with van der Waals surface area (Å²) in [5, 5.41) is 2.65. The van der Waals surface area contributed by atoms with E-state index < -0.39 is 0 Å². The molecule has 1 nitrogen and oxygen atoms in total. The van der Waals surface area contributed by atoms with E-state index in [1.54, 1.807) is 0 Å². The molecular formula is C33H24BrNS. The molecule has 0 spiro atoms. The molecule has 36 heavy (non-hydrogen) atoms. The number of hydrogen-bond acceptors (Lipinski definition) is 2. The van der Waals surface area contributed by atoms with Crippen molar-refractivity contribution in [3.8, 4) is 11.1 Å². The van der Waals surface area contributed by atoms with Gasteiger partial charge in [-0.2, -0.15) is 0 Å². The highest BCUT2D eigenvalue weighted by atomic mass is 79.9. The van der Waals surface area contributed by atoms with Crippen LogP contribution >= 0.6 is 27.3 Å². The predicted molar refractivity (Wildman–Crippen MR) is 159 cm³/mol. The quantitative estimate of drug-likeness (QED) is 0.213. The summed E-state index contributed by atoms with van der Waals surface area (Å²) in [4.78, 5) is 2.38. The van der Waals surface area contributed by atoms with Gasteiger partial charge in [0.15, 0.2) is 0 Å². The van der Waals surface area contributed by atoms with Gasteiger partial charge in [0.2, 0.25) is 0 Å². The second kappa shape index (κ2) is 8.06. The zero-order valence-electron chi connectivity index (χ0n) is 20.1. The zero-order chi connectivity index (χ0) is 24.4. The van der Waals surface area contributed by atoms with Crippen LogP contribution in [0.15, 0.2) is 114 Å². The summed E-state index contributed by atoms with van der Waals surface area (Å²) in [6, 6.07) is 39.9. The fourth-order valence-corrected chi connectivity index (χ4v) is 7.27. The third-order valence-corrected chi connectivity index (χ3v) is 9.14. The lowest BCUT2D eigenvalue weighted by molar-refractivity contribution is 0.660. The van der Waals surface area contributed by atoms with Gasteiger partial charge >= 0.3 is 0 Å². The molecule has 0 bridgehead atoms. The lowest BCUT2D eigenvalue weighted by Crippen LogP contribution is -2.16. The monoisotopic (exact) mass is 545 g/mol. The number of hydrogen-bond donors (Lipinski definition) is 0. The molecule has 0 atom stereocenters. The number of nitrogens with zero attached hydrogens (tertiary/aromatic N) is 1. The fraction of sp³-hybridized carbons (Fsp3) is 0.0909. The molecule has 0 amide bonds. The van der Waals surface area contributed by atoms with Gasteiger partial charge in [0.05, 0.1) is 0 Å². The molecule has 1 aliphatic rings. The van der Waals surface area contributed by atoms with Crippen LogP contribution in [0.1, 0.15) is 25.0 Å². The highest BCUT2D eigenvalue weighted by molar-refractivity contribution is 9.10. The van der Waals surface area contributed by atoms with Crippen molar-refractivity contribution in [2.45, 2.75) is 19.3 Å². The second-order valence-corrected chi connectivity index (χ2v) is 12.0. The molecule has 1 aliphatic carbocycles. The molecule has 0 fully saturated rings. The van der Waals surface area contributed by atoms with Gasteiger partial charge in [-0.05, 0) is 70.8 Å². The van der Waals surface area contributed by atoms with Crippen LogP contribution in [-0.2, 0) is 5.41 Å². The van der Waals surface area contributed by atoms with Gasteiger partial charge in [0.25, 0.3) is 0 Å². The molecular weight excluding hydrogens is 522 g/mol. The van der Waals surface area contributed by atoms with E-state index in [4.69, 9.17) is 0 Å². The Hall–Kier alpha value is -3.40. The first-order chi connectivity index (χ1) is 17.5. The Bertz CT molecular complexity index is 1800. The standard InChI is InChI=1S/C33H24BrNS/c1-33(2)29-12-5-3-10-25(29)26-16-14-23(19-30(26)33)35(22-9-7-8-21(34)18-22)24-15-17-28-27-11-4-6-13-31(27)36-32(28)20-24/h3-20H,1-2H3. The molecule has 1 aromatic heterocycles. The molecule has 0 aliphatic heterocycles. The average Bonchev–Trinajstić information content (AvgIpc) is 3.37. The Morgan fingerprint density at radius 1 is 0.583 bits per heavy atom. The van der Waals surface area contributed by atoms with Gasteiger partial charge in [0.1, 0.15) is 0 Å². The van der Waals surface area contributed by atoms with E-state index in [1.165, 1.54) is 53.8 Å². The molecule has 0 unspecified atom stereocenters. The molecule has 0 saturated heterocycles. The van der Waals surface area contributed by atoms with E-state index in [1.807, 2.05) is 11.3 Å². The van der Waals surface area contributed by atoms with Crippen molar-refractivity contribution in [2.75, 3.05) is 4.90 Å². The van der Waals surface area contributed by atoms with Gasteiger partial charge in [-0.15, -0.1) is 11.3 Å². The Labute approximate surface area is 223 Å². The van der Waals surface area contributed by atoms with Crippen LogP contribution in [0.4, 0.5) is 17.1 Å². The summed E-state index contributed by atoms with van der Waals surface area (Å²) >= 11 is 5.56. The third kappa shape index (κ3) is 3.27. The third-order valence-electron chi connectivity index (χ3n) is 7.51. The van der Waals surface area contributed by atoms with Gasteiger partial charge < -0.3 is 4.90 Å². The minimum absolute atomic E-state index is 0.0414. The maximum absolute atomic E-state index is 3.70. The smallest absolute Gasteiger partial charge is 0.0476 e. The maximum Gasteiger partial charge on any atom is 0.0476 e. The molecule has 0 N–H and O–H groups in total. The molecule has 0 saturated carbocycles. The Morgan fingerprint density at radius 3 is 2.17 bits per heavy atom. The number of anilines is 3. The first-order valence-corrected chi connectivity index (χ1v) is 13.8. The van der Waals surface area contributed by atoms with E-state index >= 15 is 0 Å². The van der Waals surface area contributed by atoms with E-state index in [0.717, 1.165) is 10.2 Å². The number of fused-ring (bicyclic) bond motifs is 6. The van der Waals surface area contributed by atoms with Gasteiger partial charge in [-0.3, -0.25) is 0 Å². The van der Waals surface area contributed by atoms with Crippen molar-refractivity contribution in [3.05, 3.63) is 125 Å². The topological polar surface area (TPSA) is 3.24 Å². The highest BCUT2D eigenvalue weighted by Crippen LogP contribution is 2.51. The maximum atomic E-state index is 3.70. The first-order valence-electron chi connectivity index (χ1n) is 12.2. The van der Waals surface area contributed by atoms with Crippen molar-refractivity contribution >= 4 is 64.5 Å². The minimum Gasteiger partial charge on any atom is -0.310 e. The number of rotatable bonds is 3. The van der Waals surface area contributed by atoms with E-state index in [-0.39, 0.29) is 5.41 Å². The van der Waals surface area contributed by atoms with Crippen LogP contribution in [0.5, 0.6) is 0 Å². The van der Waals surface area contributed by atoms with Crippen molar-refractivity contribution in [2.24, 2.45) is 0 Å². The fourth-order valence-electron chi connectivity index (χ4n) is 5.75. The Kier molecular flexibility index (Phi) is 4.89. The predicted octanol–water partition coefficient (Wildman–Crippen LogP) is 10.6. The summed E-state index contributed by atoms with van der Waals surface area (Å²) in [7, 11) is 0. The van der Waals surface area contributed by atoms with E-state index in [9.17, 15) is 0 Å². The molecule has 5 aromatic carbocycles. The van der Waals surface area contributed by atoms with Crippen LogP contribution in [0.2, 0.25) is 0 Å². The van der Waals surface area contributed by atoms with Gasteiger partial charge in [-0.1, -0.05) is 90.4 Å². The molecule has 174 valence electrons. The molecule has 7 rings (SSSR count). The van der Waals surface area contributed by atoms with Crippen molar-refractivity contribution in [3.63, 3.8) is 0 Å². The van der Waals surface area contributed by atoms with Gasteiger partial charge in [-0.25, -0.2) is 0 Å². The lowest BCUT2D eigenvalue weighted by Gasteiger charge is -2.28. The zero-order valence-corrected chi connectivity index (χ0v) is 22.5. The first kappa shape index (κ1) is 21.8. The summed E-state index contributed by atoms with van der Waals surface area (Å²) in [6.07, 6.45) is 0. The molecule has 1 heterocycles. The summed E-state index contributed by atoms with van der Waals surface area (Å²) in [5.74, 6) is 0. The van der Waals surface area contributed by atoms with Gasteiger partial charge in [0, 0.05) is 47.1 Å². The summed E-state index contributed by atoms with van der Waals surface area (Å²) < 4.78 is 3.71. The van der Waals surface area contributed by atoms with Crippen molar-refractivity contribution in [1.29, 1.82) is 0 Å². The summed E-state index contributed by atoms with van der Waals surface area (Å²) in [6.45, 7) is 4.68. The Balaban J connectivity index is 1.44. The van der Waals surface area contributed by atoms with Crippen LogP contribution in [0.25, 0.3) is 31.3 Å². The minimum atomic E-state index is -0.0414. The lowest BCUT2D eigenvalue weighted by atomic mass is 9.82. The Morgan fingerprint density at radius 2 is 1.28 bits per heavy atom.